The van der Waals surface area contributed by atoms with Crippen molar-refractivity contribution < 1.29 is 14.2 Å². The molecule has 0 aromatic heterocycles. The molecule has 0 saturated heterocycles. The Morgan fingerprint density at radius 1 is 1.35 bits per heavy atom. The van der Waals surface area contributed by atoms with Crippen LogP contribution in [0.5, 0.6) is 5.75 Å². The van der Waals surface area contributed by atoms with E-state index >= 15 is 0 Å². The lowest BCUT2D eigenvalue weighted by atomic mass is 9.90. The van der Waals surface area contributed by atoms with E-state index in [1.807, 2.05) is 6.07 Å². The number of aliphatic hydroxyl groups is 1. The van der Waals surface area contributed by atoms with Crippen molar-refractivity contribution in [3.63, 3.8) is 0 Å². The average Bonchev–Trinajstić information content (AvgIpc) is 2.47. The van der Waals surface area contributed by atoms with Crippen molar-refractivity contribution >= 4 is 0 Å². The molecule has 1 aromatic rings. The molecule has 20 heavy (non-hydrogen) atoms. The topological polar surface area (TPSA) is 53.2 Å². The predicted molar refractivity (Wildman–Crippen MR) is 73.7 cm³/mol. The minimum atomic E-state index is -1.10. The molecule has 1 N–H and O–H groups in total. The summed E-state index contributed by atoms with van der Waals surface area (Å²) in [5.74, 6) is 0.628. The van der Waals surface area contributed by atoms with Gasteiger partial charge in [0.05, 0.1) is 25.2 Å². The average molecular weight is 277 g/mol. The molecule has 1 saturated carbocycles. The zero-order valence-corrected chi connectivity index (χ0v) is 11.5. The Balaban J connectivity index is 1.98. The second-order valence-corrected chi connectivity index (χ2v) is 5.38. The van der Waals surface area contributed by atoms with Crippen LogP contribution in [-0.2, 0) is 0 Å². The van der Waals surface area contributed by atoms with Crippen molar-refractivity contribution in [3.05, 3.63) is 29.6 Å². The molecule has 108 valence electrons. The molecule has 0 bridgehead atoms. The Hall–Kier alpha value is -1.60. The van der Waals surface area contributed by atoms with Crippen molar-refractivity contribution in [1.29, 1.82) is 5.26 Å². The maximum absolute atomic E-state index is 13.6. The number of rotatable bonds is 5. The van der Waals surface area contributed by atoms with Gasteiger partial charge in [0.25, 0.3) is 0 Å². The van der Waals surface area contributed by atoms with Crippen LogP contribution >= 0.6 is 0 Å². The van der Waals surface area contributed by atoms with Crippen LogP contribution in [0.25, 0.3) is 0 Å². The van der Waals surface area contributed by atoms with E-state index in [2.05, 4.69) is 0 Å². The van der Waals surface area contributed by atoms with Gasteiger partial charge in [-0.1, -0.05) is 19.3 Å². The van der Waals surface area contributed by atoms with Gasteiger partial charge in [0, 0.05) is 5.56 Å². The van der Waals surface area contributed by atoms with Gasteiger partial charge in [-0.15, -0.1) is 0 Å². The van der Waals surface area contributed by atoms with Crippen molar-refractivity contribution in [2.24, 2.45) is 5.92 Å². The second-order valence-electron chi connectivity index (χ2n) is 5.38. The van der Waals surface area contributed by atoms with Gasteiger partial charge in [0.1, 0.15) is 11.6 Å². The minimum Gasteiger partial charge on any atom is -0.493 e. The summed E-state index contributed by atoms with van der Waals surface area (Å²) in [7, 11) is 0. The van der Waals surface area contributed by atoms with Crippen LogP contribution in [0.15, 0.2) is 18.2 Å². The number of ether oxygens (including phenoxy) is 1. The Kier molecular flexibility index (Phi) is 5.37. The largest absolute Gasteiger partial charge is 0.493 e. The first-order valence-electron chi connectivity index (χ1n) is 7.18. The molecule has 1 atom stereocenters. The molecule has 0 heterocycles. The molecule has 0 amide bonds. The lowest BCUT2D eigenvalue weighted by Gasteiger charge is -2.22. The fraction of sp³-hybridized carbons (Fsp3) is 0.562. The monoisotopic (exact) mass is 277 g/mol. The van der Waals surface area contributed by atoms with E-state index in [-0.39, 0.29) is 12.0 Å². The summed E-state index contributed by atoms with van der Waals surface area (Å²) < 4.78 is 19.3. The molecular weight excluding hydrogens is 257 g/mol. The first-order valence-corrected chi connectivity index (χ1v) is 7.18. The van der Waals surface area contributed by atoms with Gasteiger partial charge in [-0.3, -0.25) is 0 Å². The number of hydrogen-bond acceptors (Lipinski definition) is 3. The van der Waals surface area contributed by atoms with Crippen LogP contribution in [-0.4, -0.2) is 11.7 Å². The molecule has 1 aliphatic rings. The molecule has 3 nitrogen and oxygen atoms in total. The highest BCUT2D eigenvalue weighted by Crippen LogP contribution is 2.27. The van der Waals surface area contributed by atoms with E-state index in [0.29, 0.717) is 18.3 Å². The lowest BCUT2D eigenvalue weighted by molar-refractivity contribution is 0.176. The Labute approximate surface area is 119 Å². The Morgan fingerprint density at radius 2 is 2.10 bits per heavy atom. The zero-order valence-electron chi connectivity index (χ0n) is 11.5. The second kappa shape index (κ2) is 7.25. The molecule has 1 fully saturated rings. The van der Waals surface area contributed by atoms with Gasteiger partial charge in [-0.2, -0.15) is 5.26 Å². The molecular formula is C16H20FNO2. The van der Waals surface area contributed by atoms with Crippen molar-refractivity contribution in [1.82, 2.24) is 0 Å². The number of aliphatic hydroxyl groups excluding tert-OH is 1. The summed E-state index contributed by atoms with van der Waals surface area (Å²) in [5, 5.41) is 18.3. The molecule has 1 aliphatic carbocycles. The lowest BCUT2D eigenvalue weighted by Crippen LogP contribution is -2.15. The number of hydrogen-bond donors (Lipinski definition) is 1. The van der Waals surface area contributed by atoms with E-state index in [0.717, 1.165) is 0 Å². The maximum Gasteiger partial charge on any atom is 0.129 e. The third kappa shape index (κ3) is 3.94. The first-order chi connectivity index (χ1) is 9.70. The number of nitriles is 1. The van der Waals surface area contributed by atoms with Gasteiger partial charge in [0.2, 0.25) is 0 Å². The first kappa shape index (κ1) is 14.8. The number of nitrogens with zero attached hydrogens (tertiary/aromatic N) is 1. The number of benzene rings is 1. The Morgan fingerprint density at radius 3 is 2.80 bits per heavy atom. The summed E-state index contributed by atoms with van der Waals surface area (Å²) in [5.41, 5.74) is 0.132. The third-order valence-electron chi connectivity index (χ3n) is 3.82. The molecule has 0 radical (unpaired) electrons. The molecule has 0 spiro atoms. The van der Waals surface area contributed by atoms with E-state index in [4.69, 9.17) is 10.00 Å². The van der Waals surface area contributed by atoms with E-state index in [9.17, 15) is 9.50 Å². The highest BCUT2D eigenvalue weighted by Gasteiger charge is 2.16. The van der Waals surface area contributed by atoms with Crippen LogP contribution in [0.3, 0.4) is 0 Å². The van der Waals surface area contributed by atoms with Crippen LogP contribution < -0.4 is 4.74 Å². The molecule has 1 aromatic carbocycles. The normalized spacial score (nSPS) is 17.4. The van der Waals surface area contributed by atoms with Crippen LogP contribution in [0.2, 0.25) is 0 Å². The fourth-order valence-corrected chi connectivity index (χ4v) is 2.63. The zero-order chi connectivity index (χ0) is 14.4. The van der Waals surface area contributed by atoms with Gasteiger partial charge in [0.15, 0.2) is 0 Å². The van der Waals surface area contributed by atoms with Gasteiger partial charge in [-0.25, -0.2) is 4.39 Å². The summed E-state index contributed by atoms with van der Waals surface area (Å²) in [6.07, 6.45) is 4.96. The maximum atomic E-state index is 13.6. The summed E-state index contributed by atoms with van der Waals surface area (Å²) in [4.78, 5) is 0. The number of halogens is 1. The molecule has 1 unspecified atom stereocenters. The highest BCUT2D eigenvalue weighted by atomic mass is 19.1. The fourth-order valence-electron chi connectivity index (χ4n) is 2.63. The smallest absolute Gasteiger partial charge is 0.129 e. The Bertz CT molecular complexity index is 478. The molecule has 2 rings (SSSR count). The quantitative estimate of drug-likeness (QED) is 0.892. The van der Waals surface area contributed by atoms with Crippen molar-refractivity contribution in [3.8, 4) is 11.8 Å². The van der Waals surface area contributed by atoms with Crippen LogP contribution in [0, 0.1) is 23.1 Å². The van der Waals surface area contributed by atoms with Crippen molar-refractivity contribution in [2.75, 3.05) is 6.61 Å². The van der Waals surface area contributed by atoms with Crippen LogP contribution in [0.4, 0.5) is 4.39 Å². The molecule has 4 heteroatoms. The van der Waals surface area contributed by atoms with E-state index < -0.39 is 11.9 Å². The predicted octanol–water partition coefficient (Wildman–Crippen LogP) is 3.73. The van der Waals surface area contributed by atoms with Gasteiger partial charge >= 0.3 is 0 Å². The van der Waals surface area contributed by atoms with Crippen LogP contribution in [0.1, 0.15) is 50.2 Å². The standard InChI is InChI=1S/C16H20FNO2/c17-15-7-6-13(10-14(15)16(19)8-9-18)20-11-12-4-2-1-3-5-12/h6-7,10,12,16,19H,1-5,8,11H2. The van der Waals surface area contributed by atoms with Gasteiger partial charge < -0.3 is 9.84 Å². The summed E-state index contributed by atoms with van der Waals surface area (Å²) in [6, 6.07) is 6.19. The molecule has 0 aliphatic heterocycles. The van der Waals surface area contributed by atoms with E-state index in [1.165, 1.54) is 44.2 Å². The van der Waals surface area contributed by atoms with E-state index in [1.54, 1.807) is 6.07 Å². The summed E-state index contributed by atoms with van der Waals surface area (Å²) in [6.45, 7) is 0.638. The minimum absolute atomic E-state index is 0.122. The SMILES string of the molecule is N#CCC(O)c1cc(OCC2CCCCC2)ccc1F. The van der Waals surface area contributed by atoms with Crippen molar-refractivity contribution in [2.45, 2.75) is 44.6 Å². The highest BCUT2D eigenvalue weighted by molar-refractivity contribution is 5.31. The summed E-state index contributed by atoms with van der Waals surface area (Å²) >= 11 is 0. The van der Waals surface area contributed by atoms with Gasteiger partial charge in [-0.05, 0) is 37.0 Å². The third-order valence-corrected chi connectivity index (χ3v) is 3.82.